The van der Waals surface area contributed by atoms with Crippen molar-refractivity contribution in [2.45, 2.75) is 100 Å². The van der Waals surface area contributed by atoms with E-state index in [-0.39, 0.29) is 23.6 Å². The molecule has 12 aromatic rings. The third-order valence-corrected chi connectivity index (χ3v) is 21.3. The molecular formula is C91H99F2N21O5. The normalized spacial score (nSPS) is 14.2. The van der Waals surface area contributed by atoms with Gasteiger partial charge < -0.3 is 40.1 Å². The van der Waals surface area contributed by atoms with Gasteiger partial charge in [-0.3, -0.25) is 44.0 Å². The summed E-state index contributed by atoms with van der Waals surface area (Å²) in [5.41, 5.74) is 19.4. The Kier molecular flexibility index (Phi) is 27.9. The summed E-state index contributed by atoms with van der Waals surface area (Å²) in [4.78, 5) is 79.8. The molecule has 0 saturated carbocycles. The summed E-state index contributed by atoms with van der Waals surface area (Å²) in [6, 6.07) is 33.8. The summed E-state index contributed by atoms with van der Waals surface area (Å²) in [7, 11) is 8.04. The van der Waals surface area contributed by atoms with E-state index in [1.165, 1.54) is 64.1 Å². The molecule has 28 heteroatoms. The second kappa shape index (κ2) is 39.5. The standard InChI is InChI=1S/C33H39N7O.C29H29F2N7O2.C29H31N7O2/c1-5-6-7-8-29-12-14-32-35-22-31(40(32)37-29)13-10-26-20-28(21-34-25(26)3)33(41)36-30-11-9-27(24(2)19-30)23-39-17-15-38(4)16-18-39;1-19-14-24(6-4-22(19)18-37-12-10-36(3)11-13-37)34-28(39)23-15-21(20(2)32-16-23)5-7-25-17-33-26-8-9-27(35-38(25)26)40-29(30)31;1-20-15-25(7-5-23(20)19-35-13-11-34(3)12-14-35)32-29(37)24-16-22(21(2)30-17-24)6-8-26-18-31-27-9-10-28(38-4)33-36(26)27/h9,11-12,14,19-22H,5-8,15-18,23H2,1-4H3,(H,36,41);4,6,8-9,14-17,29H,10-13,18H2,1-3H3,(H,34,39);5,7,9-10,15-18H,11-14,19H2,1-4H3,(H,32,37). The number of aryl methyl sites for hydroxylation is 7. The van der Waals surface area contributed by atoms with E-state index < -0.39 is 6.61 Å². The van der Waals surface area contributed by atoms with Crippen LogP contribution in [0.2, 0.25) is 0 Å². The van der Waals surface area contributed by atoms with Gasteiger partial charge in [0.25, 0.3) is 17.7 Å². The van der Waals surface area contributed by atoms with E-state index in [4.69, 9.17) is 9.84 Å². The summed E-state index contributed by atoms with van der Waals surface area (Å²) in [6.45, 7) is 26.6. The molecule has 0 spiro atoms. The molecule has 612 valence electrons. The average Bonchev–Trinajstić information content (AvgIpc) is 1.58. The van der Waals surface area contributed by atoms with Gasteiger partial charge in [-0.05, 0) is 206 Å². The number of hydrogen-bond acceptors (Lipinski definition) is 20. The number of imidazole rings is 3. The largest absolute Gasteiger partial charge is 0.480 e. The Morgan fingerprint density at radius 1 is 0.412 bits per heavy atom. The van der Waals surface area contributed by atoms with Gasteiger partial charge in [0.05, 0.1) is 65.2 Å². The number of anilines is 3. The van der Waals surface area contributed by atoms with Crippen LogP contribution in [0.15, 0.2) is 146 Å². The smallest absolute Gasteiger partial charge is 0.388 e. The summed E-state index contributed by atoms with van der Waals surface area (Å²) in [5, 5.41) is 22.1. The van der Waals surface area contributed by atoms with E-state index in [0.29, 0.717) is 79.0 Å². The topological polar surface area (TPSA) is 254 Å². The van der Waals surface area contributed by atoms with E-state index in [9.17, 15) is 23.2 Å². The van der Waals surface area contributed by atoms with Crippen LogP contribution in [0.25, 0.3) is 16.9 Å². The Morgan fingerprint density at radius 3 is 1.10 bits per heavy atom. The van der Waals surface area contributed by atoms with Crippen LogP contribution in [0.5, 0.6) is 11.8 Å². The zero-order valence-corrected chi connectivity index (χ0v) is 69.2. The van der Waals surface area contributed by atoms with Crippen LogP contribution in [-0.4, -0.2) is 219 Å². The lowest BCUT2D eigenvalue weighted by Gasteiger charge is -2.32. The predicted molar refractivity (Wildman–Crippen MR) is 456 cm³/mol. The number of fused-ring (bicyclic) bond motifs is 3. The zero-order valence-electron chi connectivity index (χ0n) is 69.2. The van der Waals surface area contributed by atoms with Crippen molar-refractivity contribution >= 4 is 51.7 Å². The molecule has 26 nitrogen and oxygen atoms in total. The first-order valence-corrected chi connectivity index (χ1v) is 40.0. The highest BCUT2D eigenvalue weighted by Gasteiger charge is 2.22. The number of hydrogen-bond donors (Lipinski definition) is 3. The number of carbonyl (C=O) groups is 3. The van der Waals surface area contributed by atoms with Crippen LogP contribution < -0.4 is 25.4 Å². The molecule has 3 amide bonds. The molecule has 0 unspecified atom stereocenters. The fourth-order valence-corrected chi connectivity index (χ4v) is 13.8. The average molecular weight is 1600 g/mol. The van der Waals surface area contributed by atoms with E-state index >= 15 is 0 Å². The Balaban J connectivity index is 0.000000155. The fraction of sp³-hybridized carbons (Fsp3) is 0.341. The second-order valence-corrected chi connectivity index (χ2v) is 30.3. The zero-order chi connectivity index (χ0) is 83.6. The highest BCUT2D eigenvalue weighted by Crippen LogP contribution is 2.25. The number of likely N-dealkylation sites (N-methyl/N-ethyl adjacent to an activating group) is 3. The van der Waals surface area contributed by atoms with Crippen molar-refractivity contribution in [2.24, 2.45) is 0 Å². The molecule has 3 aliphatic heterocycles. The Bertz CT molecular complexity index is 5860. The number of pyridine rings is 3. The third kappa shape index (κ3) is 22.5. The monoisotopic (exact) mass is 1600 g/mol. The molecule has 12 heterocycles. The van der Waals surface area contributed by atoms with Gasteiger partial charge in [0.15, 0.2) is 16.9 Å². The van der Waals surface area contributed by atoms with E-state index in [1.807, 2.05) is 68.4 Å². The third-order valence-electron chi connectivity index (χ3n) is 21.3. The van der Waals surface area contributed by atoms with Crippen LogP contribution >= 0.6 is 0 Å². The molecule has 9 aromatic heterocycles. The molecule has 15 rings (SSSR count). The Labute approximate surface area is 692 Å². The summed E-state index contributed by atoms with van der Waals surface area (Å²) >= 11 is 0. The van der Waals surface area contributed by atoms with Crippen molar-refractivity contribution < 1.29 is 32.6 Å². The molecule has 119 heavy (non-hydrogen) atoms. The van der Waals surface area contributed by atoms with Crippen LogP contribution in [0.4, 0.5) is 25.8 Å². The first kappa shape index (κ1) is 84.2. The minimum Gasteiger partial charge on any atom is -0.480 e. The second-order valence-electron chi connectivity index (χ2n) is 30.3. The van der Waals surface area contributed by atoms with Gasteiger partial charge >= 0.3 is 6.61 Å². The van der Waals surface area contributed by atoms with Crippen molar-refractivity contribution in [1.29, 1.82) is 0 Å². The predicted octanol–water partition coefficient (Wildman–Crippen LogP) is 11.8. The Morgan fingerprint density at radius 2 is 0.756 bits per heavy atom. The Hall–Kier alpha value is -12.7. The number of carbonyl (C=O) groups excluding carboxylic acids is 3. The molecular weight excluding hydrogens is 1510 g/mol. The minimum absolute atomic E-state index is 0.208. The van der Waals surface area contributed by atoms with Gasteiger partial charge in [-0.2, -0.15) is 13.9 Å². The maximum absolute atomic E-state index is 13.1. The lowest BCUT2D eigenvalue weighted by molar-refractivity contribution is -0.0535. The maximum Gasteiger partial charge on any atom is 0.388 e. The summed E-state index contributed by atoms with van der Waals surface area (Å²) < 4.78 is 39.5. The molecule has 0 radical (unpaired) electrons. The van der Waals surface area contributed by atoms with Gasteiger partial charge in [-0.1, -0.05) is 55.7 Å². The van der Waals surface area contributed by atoms with Crippen molar-refractivity contribution in [1.82, 2.24) is 88.1 Å². The van der Waals surface area contributed by atoms with Crippen molar-refractivity contribution in [2.75, 3.05) is 123 Å². The molecule has 3 saturated heterocycles. The van der Waals surface area contributed by atoms with E-state index in [2.05, 4.69) is 193 Å². The number of nitrogens with one attached hydrogen (secondary N) is 3. The number of amides is 3. The highest BCUT2D eigenvalue weighted by atomic mass is 19.3. The number of rotatable bonds is 19. The van der Waals surface area contributed by atoms with Crippen LogP contribution in [0.3, 0.4) is 0 Å². The van der Waals surface area contributed by atoms with Crippen molar-refractivity contribution in [3.63, 3.8) is 0 Å². The van der Waals surface area contributed by atoms with Gasteiger partial charge in [-0.25, -0.2) is 28.5 Å². The number of halogens is 2. The first-order valence-electron chi connectivity index (χ1n) is 40.0. The number of aromatic nitrogens is 12. The molecule has 3 aromatic carbocycles. The minimum atomic E-state index is -2.99. The SMILES string of the molecule is CCCCCc1ccc2ncc(C#Cc3cc(C(=O)Nc4ccc(CN5CCN(C)CC5)c(C)c4)cnc3C)n2n1.COc1ccc2ncc(C#Cc3cc(C(=O)Nc4ccc(CN5CCN(C)CC5)c(C)c4)cnc3C)n2n1.Cc1cc(NC(=O)c2cnc(C)c(C#Cc3cnc4ccc(OC(F)F)nn34)c2)ccc1CN1CCN(C)CC1. The van der Waals surface area contributed by atoms with Gasteiger partial charge in [-0.15, -0.1) is 10.2 Å². The van der Waals surface area contributed by atoms with Gasteiger partial charge in [0.2, 0.25) is 11.8 Å². The number of benzene rings is 3. The highest BCUT2D eigenvalue weighted by molar-refractivity contribution is 6.06. The molecule has 3 N–H and O–H groups in total. The van der Waals surface area contributed by atoms with Gasteiger partial charge in [0.1, 0.15) is 17.1 Å². The quantitative estimate of drug-likeness (QED) is 0.0502. The summed E-state index contributed by atoms with van der Waals surface area (Å²) in [6.07, 6.45) is 14.0. The lowest BCUT2D eigenvalue weighted by Crippen LogP contribution is -2.43. The number of nitrogens with zero attached hydrogens (tertiary/aromatic N) is 18. The first-order chi connectivity index (χ1) is 57.5. The molecule has 3 fully saturated rings. The number of ether oxygens (including phenoxy) is 2. The number of methoxy groups -OCH3 is 1. The van der Waals surface area contributed by atoms with Crippen LogP contribution in [-0.2, 0) is 26.1 Å². The fourth-order valence-electron chi connectivity index (χ4n) is 13.8. The lowest BCUT2D eigenvalue weighted by atomic mass is 10.1. The van der Waals surface area contributed by atoms with Crippen molar-refractivity contribution in [3.05, 3.63) is 253 Å². The van der Waals surface area contributed by atoms with Crippen molar-refractivity contribution in [3.8, 4) is 47.3 Å². The molecule has 0 atom stereocenters. The van der Waals surface area contributed by atoms with E-state index in [0.717, 1.165) is 156 Å². The van der Waals surface area contributed by atoms with Crippen LogP contribution in [0, 0.1) is 77.1 Å². The molecule has 0 bridgehead atoms. The molecule has 0 aliphatic carbocycles. The number of unbranched alkanes of at least 4 members (excludes halogenated alkanes) is 2. The number of piperazine rings is 3. The maximum atomic E-state index is 13.1. The number of alkyl halides is 2. The van der Waals surface area contributed by atoms with Gasteiger partial charge in [0, 0.05) is 163 Å². The van der Waals surface area contributed by atoms with Crippen LogP contribution in [0.1, 0.15) is 147 Å². The van der Waals surface area contributed by atoms with E-state index in [1.54, 1.807) is 72.1 Å². The molecule has 3 aliphatic rings. The summed E-state index contributed by atoms with van der Waals surface area (Å²) in [5.74, 6) is 18.0.